The van der Waals surface area contributed by atoms with Gasteiger partial charge in [0.15, 0.2) is 0 Å². The molecule has 1 aliphatic rings. The Morgan fingerprint density at radius 3 is 2.39 bits per heavy atom. The molecule has 1 saturated heterocycles. The molecule has 11 heteroatoms. The van der Waals surface area contributed by atoms with Gasteiger partial charge in [-0.2, -0.15) is 17.5 Å². The van der Waals surface area contributed by atoms with Crippen LogP contribution in [0.5, 0.6) is 0 Å². The molecule has 1 fully saturated rings. The molecule has 23 heavy (non-hydrogen) atoms. The minimum atomic E-state index is -4.47. The molecule has 0 bridgehead atoms. The van der Waals surface area contributed by atoms with Crippen molar-refractivity contribution in [2.24, 2.45) is 0 Å². The molecule has 0 aliphatic carbocycles. The predicted molar refractivity (Wildman–Crippen MR) is 79.4 cm³/mol. The van der Waals surface area contributed by atoms with Gasteiger partial charge in [0.05, 0.1) is 12.3 Å². The summed E-state index contributed by atoms with van der Waals surface area (Å²) in [6.45, 7) is 1.73. The molecule has 0 aromatic heterocycles. The average molecular weight is 360 g/mol. The zero-order valence-electron chi connectivity index (χ0n) is 13.2. The Bertz CT molecular complexity index is 492. The van der Waals surface area contributed by atoms with Gasteiger partial charge in [-0.15, -0.1) is 0 Å². The number of amides is 1. The highest BCUT2D eigenvalue weighted by atomic mass is 32.2. The standard InChI is InChI=1S/C12H23F3N4O3S/c1-3-23(21,22)18(2)9-11(20)17-8-10(12(13,14)15)19-6-4-16-5-7-19/h10,16H,3-9H2,1-2H3,(H,17,20). The lowest BCUT2D eigenvalue weighted by Crippen LogP contribution is -2.58. The van der Waals surface area contributed by atoms with E-state index >= 15 is 0 Å². The van der Waals surface area contributed by atoms with E-state index in [9.17, 15) is 26.4 Å². The lowest BCUT2D eigenvalue weighted by molar-refractivity contribution is -0.184. The van der Waals surface area contributed by atoms with Gasteiger partial charge in [-0.1, -0.05) is 0 Å². The average Bonchev–Trinajstić information content (AvgIpc) is 2.47. The zero-order valence-corrected chi connectivity index (χ0v) is 14.0. The van der Waals surface area contributed by atoms with Crippen LogP contribution in [0.2, 0.25) is 0 Å². The number of piperazine rings is 1. The lowest BCUT2D eigenvalue weighted by atomic mass is 10.2. The van der Waals surface area contributed by atoms with Crippen molar-refractivity contribution in [3.63, 3.8) is 0 Å². The summed E-state index contributed by atoms with van der Waals surface area (Å²) >= 11 is 0. The first-order valence-electron chi connectivity index (χ1n) is 7.30. The van der Waals surface area contributed by atoms with Gasteiger partial charge in [-0.3, -0.25) is 9.69 Å². The summed E-state index contributed by atoms with van der Waals surface area (Å²) in [4.78, 5) is 13.0. The Labute approximate surface area is 134 Å². The van der Waals surface area contributed by atoms with Gasteiger partial charge in [-0.05, 0) is 6.92 Å². The van der Waals surface area contributed by atoms with Crippen LogP contribution in [0.25, 0.3) is 0 Å². The number of carbonyl (C=O) groups is 1. The van der Waals surface area contributed by atoms with Crippen molar-refractivity contribution in [2.75, 3.05) is 52.1 Å². The highest BCUT2D eigenvalue weighted by Crippen LogP contribution is 2.24. The largest absolute Gasteiger partial charge is 0.405 e. The Hall–Kier alpha value is -0.910. The maximum atomic E-state index is 13.1. The molecule has 2 N–H and O–H groups in total. The highest BCUT2D eigenvalue weighted by Gasteiger charge is 2.43. The van der Waals surface area contributed by atoms with Gasteiger partial charge in [0.1, 0.15) is 6.04 Å². The number of hydrogen-bond acceptors (Lipinski definition) is 5. The smallest absolute Gasteiger partial charge is 0.353 e. The molecule has 1 atom stereocenters. The monoisotopic (exact) mass is 360 g/mol. The first-order valence-corrected chi connectivity index (χ1v) is 8.91. The van der Waals surface area contributed by atoms with Gasteiger partial charge in [-0.25, -0.2) is 8.42 Å². The minimum absolute atomic E-state index is 0.178. The topological polar surface area (TPSA) is 81.8 Å². The third-order valence-electron chi connectivity index (χ3n) is 3.67. The van der Waals surface area contributed by atoms with Gasteiger partial charge in [0.25, 0.3) is 0 Å². The quantitative estimate of drug-likeness (QED) is 0.623. The van der Waals surface area contributed by atoms with Crippen LogP contribution in [0.3, 0.4) is 0 Å². The van der Waals surface area contributed by atoms with Gasteiger partial charge < -0.3 is 10.6 Å². The molecule has 1 rings (SSSR count). The molecule has 136 valence electrons. The van der Waals surface area contributed by atoms with Crippen LogP contribution in [0.4, 0.5) is 13.2 Å². The number of sulfonamides is 1. The van der Waals surface area contributed by atoms with Crippen LogP contribution in [-0.4, -0.2) is 87.8 Å². The van der Waals surface area contributed by atoms with Crippen LogP contribution in [0, 0.1) is 0 Å². The Balaban J connectivity index is 2.59. The lowest BCUT2D eigenvalue weighted by Gasteiger charge is -2.36. The van der Waals surface area contributed by atoms with E-state index in [1.807, 2.05) is 0 Å². The fourth-order valence-electron chi connectivity index (χ4n) is 2.23. The van der Waals surface area contributed by atoms with E-state index in [2.05, 4.69) is 10.6 Å². The van der Waals surface area contributed by atoms with Crippen molar-refractivity contribution in [3.05, 3.63) is 0 Å². The van der Waals surface area contributed by atoms with E-state index in [1.165, 1.54) is 18.9 Å². The normalized spacial score (nSPS) is 18.9. The van der Waals surface area contributed by atoms with E-state index in [4.69, 9.17) is 0 Å². The molecular weight excluding hydrogens is 337 g/mol. The molecule has 1 unspecified atom stereocenters. The maximum Gasteiger partial charge on any atom is 0.405 e. The minimum Gasteiger partial charge on any atom is -0.353 e. The van der Waals surface area contributed by atoms with E-state index in [-0.39, 0.29) is 18.8 Å². The van der Waals surface area contributed by atoms with Crippen molar-refractivity contribution in [1.29, 1.82) is 0 Å². The number of halogens is 3. The Morgan fingerprint density at radius 1 is 1.35 bits per heavy atom. The second kappa shape index (κ2) is 8.27. The number of carbonyl (C=O) groups excluding carboxylic acids is 1. The summed E-state index contributed by atoms with van der Waals surface area (Å²) in [6.07, 6.45) is -4.47. The SMILES string of the molecule is CCS(=O)(=O)N(C)CC(=O)NCC(N1CCNCC1)C(F)(F)F. The third-order valence-corrected chi connectivity index (χ3v) is 5.48. The van der Waals surface area contributed by atoms with Crippen molar-refractivity contribution in [3.8, 4) is 0 Å². The molecule has 1 heterocycles. The van der Waals surface area contributed by atoms with Crippen LogP contribution in [-0.2, 0) is 14.8 Å². The molecule has 1 amide bonds. The zero-order chi connectivity index (χ0) is 17.7. The molecule has 0 saturated carbocycles. The van der Waals surface area contributed by atoms with E-state index < -0.39 is 41.2 Å². The Morgan fingerprint density at radius 2 is 1.91 bits per heavy atom. The van der Waals surface area contributed by atoms with Crippen LogP contribution < -0.4 is 10.6 Å². The molecule has 1 aliphatic heterocycles. The fraction of sp³-hybridized carbons (Fsp3) is 0.917. The van der Waals surface area contributed by atoms with Crippen molar-refractivity contribution in [1.82, 2.24) is 19.8 Å². The Kier molecular flexibility index (Phi) is 7.24. The fourth-order valence-corrected chi connectivity index (χ4v) is 2.99. The summed E-state index contributed by atoms with van der Waals surface area (Å²) in [5.74, 6) is -0.933. The molecule has 0 spiro atoms. The number of nitrogens with zero attached hydrogens (tertiary/aromatic N) is 2. The molecule has 0 aromatic carbocycles. The summed E-state index contributed by atoms with van der Waals surface area (Å²) in [5, 5.41) is 5.15. The van der Waals surface area contributed by atoms with Gasteiger partial charge >= 0.3 is 6.18 Å². The number of hydrogen-bond donors (Lipinski definition) is 2. The van der Waals surface area contributed by atoms with Crippen LogP contribution >= 0.6 is 0 Å². The number of nitrogens with one attached hydrogen (secondary N) is 2. The van der Waals surface area contributed by atoms with Crippen LogP contribution in [0.15, 0.2) is 0 Å². The predicted octanol–water partition coefficient (Wildman–Crippen LogP) is -0.780. The van der Waals surface area contributed by atoms with Crippen molar-refractivity contribution in [2.45, 2.75) is 19.1 Å². The van der Waals surface area contributed by atoms with Crippen LogP contribution in [0.1, 0.15) is 6.92 Å². The van der Waals surface area contributed by atoms with Gasteiger partial charge in [0, 0.05) is 39.8 Å². The summed E-state index contributed by atoms with van der Waals surface area (Å²) in [7, 11) is -2.33. The second-order valence-corrected chi connectivity index (χ2v) is 7.67. The first-order chi connectivity index (χ1) is 10.6. The molecule has 0 radical (unpaired) electrons. The highest BCUT2D eigenvalue weighted by molar-refractivity contribution is 7.89. The van der Waals surface area contributed by atoms with E-state index in [0.717, 1.165) is 4.31 Å². The molecular formula is C12H23F3N4O3S. The maximum absolute atomic E-state index is 13.1. The number of alkyl halides is 3. The number of likely N-dealkylation sites (N-methyl/N-ethyl adjacent to an activating group) is 1. The van der Waals surface area contributed by atoms with Gasteiger partial charge in [0.2, 0.25) is 15.9 Å². The van der Waals surface area contributed by atoms with Crippen molar-refractivity contribution < 1.29 is 26.4 Å². The van der Waals surface area contributed by atoms with Crippen molar-refractivity contribution >= 4 is 15.9 Å². The first kappa shape index (κ1) is 20.1. The third kappa shape index (κ3) is 6.24. The van der Waals surface area contributed by atoms with E-state index in [1.54, 1.807) is 0 Å². The summed E-state index contributed by atoms with van der Waals surface area (Å²) in [6, 6.07) is -1.78. The number of rotatable bonds is 7. The molecule has 7 nitrogen and oxygen atoms in total. The summed E-state index contributed by atoms with van der Waals surface area (Å²) in [5.41, 5.74) is 0. The molecule has 0 aromatic rings. The summed E-state index contributed by atoms with van der Waals surface area (Å²) < 4.78 is 63.3. The van der Waals surface area contributed by atoms with E-state index in [0.29, 0.717) is 13.1 Å². The second-order valence-electron chi connectivity index (χ2n) is 5.30.